The smallest absolute Gasteiger partial charge is 0.259 e. The van der Waals surface area contributed by atoms with Crippen molar-refractivity contribution in [3.63, 3.8) is 0 Å². The minimum atomic E-state index is -0.0475. The van der Waals surface area contributed by atoms with E-state index in [1.807, 2.05) is 43.6 Å². The third-order valence-electron chi connectivity index (χ3n) is 4.14. The molecule has 0 saturated carbocycles. The van der Waals surface area contributed by atoms with Crippen molar-refractivity contribution in [2.24, 2.45) is 0 Å². The molecule has 1 aliphatic heterocycles. The summed E-state index contributed by atoms with van der Waals surface area (Å²) in [6.07, 6.45) is -0.0475. The number of hydrogen-bond acceptors (Lipinski definition) is 6. The van der Waals surface area contributed by atoms with E-state index < -0.39 is 0 Å². The molecular weight excluding hydrogens is 338 g/mol. The predicted molar refractivity (Wildman–Crippen MR) is 96.8 cm³/mol. The summed E-state index contributed by atoms with van der Waals surface area (Å²) in [5.41, 5.74) is 1.66. The molecule has 0 radical (unpaired) electrons. The van der Waals surface area contributed by atoms with Gasteiger partial charge in [0.25, 0.3) is 5.56 Å². The van der Waals surface area contributed by atoms with Crippen molar-refractivity contribution in [1.29, 1.82) is 0 Å². The summed E-state index contributed by atoms with van der Waals surface area (Å²) in [6.45, 7) is 3.71. The lowest BCUT2D eigenvalue weighted by molar-refractivity contribution is 0.0635. The molecule has 6 nitrogen and oxygen atoms in total. The zero-order valence-electron chi connectivity index (χ0n) is 14.1. The zero-order chi connectivity index (χ0) is 17.4. The van der Waals surface area contributed by atoms with Gasteiger partial charge in [0.05, 0.1) is 5.69 Å². The van der Waals surface area contributed by atoms with Crippen LogP contribution in [-0.2, 0) is 6.54 Å². The maximum atomic E-state index is 12.3. The van der Waals surface area contributed by atoms with E-state index in [4.69, 9.17) is 9.47 Å². The molecule has 7 heteroatoms. The fourth-order valence-corrected chi connectivity index (χ4v) is 3.91. The summed E-state index contributed by atoms with van der Waals surface area (Å²) in [5.74, 6) is 1.56. The van der Waals surface area contributed by atoms with E-state index in [1.54, 1.807) is 10.5 Å². The average molecular weight is 357 g/mol. The number of ether oxygens (including phenoxy) is 2. The molecule has 3 heterocycles. The van der Waals surface area contributed by atoms with Crippen LogP contribution in [0.5, 0.6) is 11.5 Å². The molecule has 0 N–H and O–H groups in total. The minimum absolute atomic E-state index is 0.0293. The van der Waals surface area contributed by atoms with Crippen LogP contribution < -0.4 is 15.0 Å². The van der Waals surface area contributed by atoms with Gasteiger partial charge >= 0.3 is 0 Å². The SMILES string of the molecule is Cc1csc2nc(CN(C)CC3COc4ccccc4O3)cc(=O)n12. The molecule has 4 rings (SSSR count). The van der Waals surface area contributed by atoms with Gasteiger partial charge in [-0.05, 0) is 26.1 Å². The van der Waals surface area contributed by atoms with Crippen LogP contribution in [0.2, 0.25) is 0 Å². The highest BCUT2D eigenvalue weighted by molar-refractivity contribution is 7.15. The normalized spacial score (nSPS) is 16.5. The van der Waals surface area contributed by atoms with E-state index in [0.29, 0.717) is 19.7 Å². The topological polar surface area (TPSA) is 56.1 Å². The van der Waals surface area contributed by atoms with E-state index in [0.717, 1.165) is 27.8 Å². The largest absolute Gasteiger partial charge is 0.486 e. The van der Waals surface area contributed by atoms with Crippen molar-refractivity contribution < 1.29 is 9.47 Å². The van der Waals surface area contributed by atoms with E-state index >= 15 is 0 Å². The van der Waals surface area contributed by atoms with Gasteiger partial charge in [0.1, 0.15) is 12.7 Å². The van der Waals surface area contributed by atoms with Crippen molar-refractivity contribution in [2.45, 2.75) is 19.6 Å². The Kier molecular flexibility index (Phi) is 4.19. The summed E-state index contributed by atoms with van der Waals surface area (Å²) >= 11 is 1.49. The number of fused-ring (bicyclic) bond motifs is 2. The molecular formula is C18H19N3O3S. The molecule has 130 valence electrons. The molecule has 0 aliphatic carbocycles. The van der Waals surface area contributed by atoms with Crippen LogP contribution in [0.1, 0.15) is 11.4 Å². The molecule has 0 bridgehead atoms. The molecule has 0 spiro atoms. The lowest BCUT2D eigenvalue weighted by Crippen LogP contribution is -2.39. The molecule has 25 heavy (non-hydrogen) atoms. The first-order valence-electron chi connectivity index (χ1n) is 8.14. The number of nitrogens with zero attached hydrogens (tertiary/aromatic N) is 3. The van der Waals surface area contributed by atoms with Crippen LogP contribution in [0.25, 0.3) is 4.96 Å². The molecule has 0 amide bonds. The van der Waals surface area contributed by atoms with E-state index in [2.05, 4.69) is 9.88 Å². The van der Waals surface area contributed by atoms with Crippen LogP contribution in [0.3, 0.4) is 0 Å². The van der Waals surface area contributed by atoms with Crippen LogP contribution in [-0.4, -0.2) is 40.6 Å². The summed E-state index contributed by atoms with van der Waals surface area (Å²) in [7, 11) is 1.99. The number of aromatic nitrogens is 2. The first-order chi connectivity index (χ1) is 12.1. The molecule has 0 fully saturated rings. The average Bonchev–Trinajstić information content (AvgIpc) is 2.96. The van der Waals surface area contributed by atoms with Gasteiger partial charge in [0, 0.05) is 30.2 Å². The number of hydrogen-bond donors (Lipinski definition) is 0. The second-order valence-electron chi connectivity index (χ2n) is 6.28. The van der Waals surface area contributed by atoms with Gasteiger partial charge < -0.3 is 9.47 Å². The number of rotatable bonds is 4. The van der Waals surface area contributed by atoms with Gasteiger partial charge in [0.15, 0.2) is 16.5 Å². The van der Waals surface area contributed by atoms with Gasteiger partial charge in [0.2, 0.25) is 0 Å². The lowest BCUT2D eigenvalue weighted by Gasteiger charge is -2.29. The van der Waals surface area contributed by atoms with Gasteiger partial charge in [-0.1, -0.05) is 12.1 Å². The Labute approximate surface area is 149 Å². The summed E-state index contributed by atoms with van der Waals surface area (Å²) < 4.78 is 13.4. The first kappa shape index (κ1) is 16.1. The summed E-state index contributed by atoms with van der Waals surface area (Å²) in [5, 5.41) is 1.95. The second kappa shape index (κ2) is 6.50. The van der Waals surface area contributed by atoms with Crippen LogP contribution >= 0.6 is 11.3 Å². The Bertz CT molecular complexity index is 966. The summed E-state index contributed by atoms with van der Waals surface area (Å²) in [6, 6.07) is 9.30. The highest BCUT2D eigenvalue weighted by Crippen LogP contribution is 2.31. The number of likely N-dealkylation sites (N-methyl/N-ethyl adjacent to an activating group) is 1. The number of benzene rings is 1. The molecule has 1 unspecified atom stereocenters. The predicted octanol–water partition coefficient (Wildman–Crippen LogP) is 2.34. The van der Waals surface area contributed by atoms with E-state index in [9.17, 15) is 4.79 Å². The standard InChI is InChI=1S/C18H19N3O3S/c1-12-11-25-18-19-13(7-17(22)21(12)18)8-20(2)9-14-10-23-15-5-3-4-6-16(15)24-14/h3-7,11,14H,8-10H2,1-2H3. The van der Waals surface area contributed by atoms with Gasteiger partial charge in [-0.15, -0.1) is 11.3 Å². The Balaban J connectivity index is 1.44. The maximum absolute atomic E-state index is 12.3. The second-order valence-corrected chi connectivity index (χ2v) is 7.11. The third kappa shape index (κ3) is 3.25. The highest BCUT2D eigenvalue weighted by atomic mass is 32.1. The van der Waals surface area contributed by atoms with Crippen molar-refractivity contribution in [2.75, 3.05) is 20.2 Å². The fourth-order valence-electron chi connectivity index (χ4n) is 3.02. The molecule has 1 aliphatic rings. The summed E-state index contributed by atoms with van der Waals surface area (Å²) in [4.78, 5) is 19.7. The number of thiazole rings is 1. The molecule has 1 atom stereocenters. The first-order valence-corrected chi connectivity index (χ1v) is 9.02. The van der Waals surface area contributed by atoms with Crippen molar-refractivity contribution >= 4 is 16.3 Å². The van der Waals surface area contributed by atoms with Crippen molar-refractivity contribution in [3.05, 3.63) is 57.5 Å². The van der Waals surface area contributed by atoms with Gasteiger partial charge in [-0.25, -0.2) is 4.98 Å². The maximum Gasteiger partial charge on any atom is 0.259 e. The van der Waals surface area contributed by atoms with E-state index in [1.165, 1.54) is 11.3 Å². The number of aryl methyl sites for hydroxylation is 1. The van der Waals surface area contributed by atoms with Crippen LogP contribution in [0.4, 0.5) is 0 Å². The van der Waals surface area contributed by atoms with Crippen LogP contribution in [0, 0.1) is 6.92 Å². The lowest BCUT2D eigenvalue weighted by atomic mass is 10.2. The minimum Gasteiger partial charge on any atom is -0.486 e. The molecule has 2 aromatic heterocycles. The third-order valence-corrected chi connectivity index (χ3v) is 5.09. The highest BCUT2D eigenvalue weighted by Gasteiger charge is 2.22. The monoisotopic (exact) mass is 357 g/mol. The van der Waals surface area contributed by atoms with Gasteiger partial charge in [-0.2, -0.15) is 0 Å². The van der Waals surface area contributed by atoms with Crippen molar-refractivity contribution in [1.82, 2.24) is 14.3 Å². The molecule has 1 aromatic carbocycles. The van der Waals surface area contributed by atoms with Crippen LogP contribution in [0.15, 0.2) is 40.5 Å². The number of para-hydroxylation sites is 2. The van der Waals surface area contributed by atoms with Crippen molar-refractivity contribution in [3.8, 4) is 11.5 Å². The molecule has 0 saturated heterocycles. The Morgan fingerprint density at radius 1 is 1.36 bits per heavy atom. The van der Waals surface area contributed by atoms with Gasteiger partial charge in [-0.3, -0.25) is 14.1 Å². The quantitative estimate of drug-likeness (QED) is 0.717. The Morgan fingerprint density at radius 3 is 3.00 bits per heavy atom. The molecule has 3 aromatic rings. The Morgan fingerprint density at radius 2 is 2.16 bits per heavy atom. The Hall–Kier alpha value is -2.38. The zero-order valence-corrected chi connectivity index (χ0v) is 15.0. The fraction of sp³-hybridized carbons (Fsp3) is 0.333. The van der Waals surface area contributed by atoms with E-state index in [-0.39, 0.29) is 11.7 Å².